The van der Waals surface area contributed by atoms with Crippen molar-refractivity contribution in [2.24, 2.45) is 5.92 Å². The van der Waals surface area contributed by atoms with E-state index in [9.17, 15) is 13.2 Å². The molecule has 0 saturated carbocycles. The van der Waals surface area contributed by atoms with Gasteiger partial charge in [-0.15, -0.1) is 0 Å². The second-order valence-corrected chi connectivity index (χ2v) is 8.51. The molecule has 0 atom stereocenters. The fraction of sp³-hybridized carbons (Fsp3) is 0.381. The molecule has 0 fully saturated rings. The van der Waals surface area contributed by atoms with Crippen molar-refractivity contribution in [1.29, 1.82) is 0 Å². The highest BCUT2D eigenvalue weighted by molar-refractivity contribution is 7.87. The first-order valence-corrected chi connectivity index (χ1v) is 10.9. The fourth-order valence-electron chi connectivity index (χ4n) is 2.71. The second kappa shape index (κ2) is 10.2. The van der Waals surface area contributed by atoms with Crippen LogP contribution >= 0.6 is 0 Å². The van der Waals surface area contributed by atoms with Crippen molar-refractivity contribution in [3.63, 3.8) is 0 Å². The summed E-state index contributed by atoms with van der Waals surface area (Å²) in [6, 6.07) is 12.5. The number of urea groups is 1. The van der Waals surface area contributed by atoms with Crippen molar-refractivity contribution in [3.8, 4) is 11.5 Å². The summed E-state index contributed by atoms with van der Waals surface area (Å²) in [4.78, 5) is 14.0. The average Bonchev–Trinajstić information content (AvgIpc) is 2.68. The highest BCUT2D eigenvalue weighted by Crippen LogP contribution is 2.22. The van der Waals surface area contributed by atoms with Crippen LogP contribution in [0.3, 0.4) is 0 Å². The van der Waals surface area contributed by atoms with Crippen molar-refractivity contribution < 1.29 is 22.1 Å². The number of benzene rings is 2. The first-order chi connectivity index (χ1) is 13.7. The number of carbonyl (C=O) groups is 1. The number of nitrogens with one attached hydrogen (secondary N) is 1. The molecule has 1 N–H and O–H groups in total. The van der Waals surface area contributed by atoms with E-state index in [0.29, 0.717) is 31.3 Å². The Balaban J connectivity index is 2.09. The van der Waals surface area contributed by atoms with Crippen LogP contribution in [0.2, 0.25) is 0 Å². The van der Waals surface area contributed by atoms with E-state index in [-0.39, 0.29) is 16.7 Å². The molecule has 0 bridgehead atoms. The maximum absolute atomic E-state index is 12.4. The van der Waals surface area contributed by atoms with Crippen LogP contribution in [0.15, 0.2) is 53.4 Å². The van der Waals surface area contributed by atoms with E-state index in [0.717, 1.165) is 5.56 Å². The minimum atomic E-state index is -3.94. The Bertz CT molecular complexity index is 894. The smallest absolute Gasteiger partial charge is 0.339 e. The number of hydrogen-bond acceptors (Lipinski definition) is 5. The zero-order chi connectivity index (χ0) is 21.4. The zero-order valence-electron chi connectivity index (χ0n) is 17.2. The van der Waals surface area contributed by atoms with Crippen LogP contribution in [-0.4, -0.2) is 39.5 Å². The summed E-state index contributed by atoms with van der Waals surface area (Å²) in [5, 5.41) is 2.81. The Labute approximate surface area is 172 Å². The predicted molar refractivity (Wildman–Crippen MR) is 112 cm³/mol. The molecule has 8 heteroatoms. The largest absolute Gasteiger partial charge is 0.497 e. The van der Waals surface area contributed by atoms with Gasteiger partial charge in [0.25, 0.3) is 0 Å². The molecule has 0 radical (unpaired) electrons. The molecule has 0 aromatic heterocycles. The number of nitrogens with zero attached hydrogens (tertiary/aromatic N) is 1. The van der Waals surface area contributed by atoms with Gasteiger partial charge in [0.2, 0.25) is 0 Å². The third-order valence-corrected chi connectivity index (χ3v) is 5.31. The molecule has 0 aliphatic rings. The average molecular weight is 421 g/mol. The van der Waals surface area contributed by atoms with Crippen LogP contribution < -0.4 is 14.2 Å². The molecule has 0 unspecified atom stereocenters. The van der Waals surface area contributed by atoms with Crippen LogP contribution in [0, 0.1) is 5.92 Å². The lowest BCUT2D eigenvalue weighted by molar-refractivity contribution is 0.188. The van der Waals surface area contributed by atoms with Gasteiger partial charge in [0.05, 0.1) is 7.11 Å². The molecular formula is C21H28N2O5S. The second-order valence-electron chi connectivity index (χ2n) is 6.97. The van der Waals surface area contributed by atoms with Gasteiger partial charge < -0.3 is 19.1 Å². The van der Waals surface area contributed by atoms with Gasteiger partial charge in [-0.1, -0.05) is 26.0 Å². The molecule has 29 heavy (non-hydrogen) atoms. The third kappa shape index (κ3) is 6.67. The molecule has 2 amide bonds. The summed E-state index contributed by atoms with van der Waals surface area (Å²) in [5.74, 6) is 1.10. The molecule has 0 heterocycles. The maximum Gasteiger partial charge on any atom is 0.339 e. The molecule has 2 rings (SSSR count). The summed E-state index contributed by atoms with van der Waals surface area (Å²) in [7, 11) is -2.43. The SMILES string of the molecule is CCNC(=O)N(Cc1ccc(OS(=O)(=O)c2ccc(OC)cc2)cc1)CC(C)C. The summed E-state index contributed by atoms with van der Waals surface area (Å²) in [5.41, 5.74) is 0.881. The van der Waals surface area contributed by atoms with Gasteiger partial charge in [-0.2, -0.15) is 8.42 Å². The molecule has 0 aliphatic carbocycles. The number of hydrogen-bond donors (Lipinski definition) is 1. The van der Waals surface area contributed by atoms with Crippen molar-refractivity contribution in [1.82, 2.24) is 10.2 Å². The van der Waals surface area contributed by atoms with Crippen LogP contribution in [0.25, 0.3) is 0 Å². The first kappa shape index (κ1) is 22.5. The van der Waals surface area contributed by atoms with Crippen LogP contribution in [0.1, 0.15) is 26.3 Å². The summed E-state index contributed by atoms with van der Waals surface area (Å²) < 4.78 is 35.1. The van der Waals surface area contributed by atoms with E-state index in [1.807, 2.05) is 20.8 Å². The predicted octanol–water partition coefficient (Wildman–Crippen LogP) is 3.65. The number of carbonyl (C=O) groups excluding carboxylic acids is 1. The quantitative estimate of drug-likeness (QED) is 0.626. The van der Waals surface area contributed by atoms with Crippen LogP contribution in [-0.2, 0) is 16.7 Å². The topological polar surface area (TPSA) is 84.9 Å². The lowest BCUT2D eigenvalue weighted by Gasteiger charge is -2.25. The van der Waals surface area contributed by atoms with E-state index < -0.39 is 10.1 Å². The van der Waals surface area contributed by atoms with Crippen molar-refractivity contribution in [2.75, 3.05) is 20.2 Å². The zero-order valence-corrected chi connectivity index (χ0v) is 18.0. The monoisotopic (exact) mass is 420 g/mol. The Morgan fingerprint density at radius 1 is 1.03 bits per heavy atom. The number of methoxy groups -OCH3 is 1. The molecular weight excluding hydrogens is 392 g/mol. The summed E-state index contributed by atoms with van der Waals surface area (Å²) in [6.07, 6.45) is 0. The number of ether oxygens (including phenoxy) is 1. The van der Waals surface area contributed by atoms with Gasteiger partial charge in [0.1, 0.15) is 16.4 Å². The molecule has 158 valence electrons. The molecule has 2 aromatic rings. The van der Waals surface area contributed by atoms with E-state index >= 15 is 0 Å². The van der Waals surface area contributed by atoms with E-state index in [4.69, 9.17) is 8.92 Å². The summed E-state index contributed by atoms with van der Waals surface area (Å²) >= 11 is 0. The van der Waals surface area contributed by atoms with E-state index in [2.05, 4.69) is 5.32 Å². The minimum absolute atomic E-state index is 0.0433. The molecule has 0 aliphatic heterocycles. The Morgan fingerprint density at radius 3 is 2.14 bits per heavy atom. The van der Waals surface area contributed by atoms with Gasteiger partial charge in [0.15, 0.2) is 0 Å². The van der Waals surface area contributed by atoms with Gasteiger partial charge in [-0.05, 0) is 54.8 Å². The van der Waals surface area contributed by atoms with Crippen molar-refractivity contribution in [2.45, 2.75) is 32.2 Å². The van der Waals surface area contributed by atoms with Crippen LogP contribution in [0.4, 0.5) is 4.79 Å². The van der Waals surface area contributed by atoms with Crippen LogP contribution in [0.5, 0.6) is 11.5 Å². The Morgan fingerprint density at radius 2 is 1.62 bits per heavy atom. The lowest BCUT2D eigenvalue weighted by atomic mass is 10.1. The first-order valence-electron chi connectivity index (χ1n) is 9.45. The maximum atomic E-state index is 12.4. The highest BCUT2D eigenvalue weighted by Gasteiger charge is 2.18. The standard InChI is InChI=1S/C21H28N2O5S/c1-5-22-21(24)23(14-16(2)3)15-17-6-8-19(9-7-17)28-29(25,26)20-12-10-18(27-4)11-13-20/h6-13,16H,5,14-15H2,1-4H3,(H,22,24). The van der Waals surface area contributed by atoms with Gasteiger partial charge in [0, 0.05) is 19.6 Å². The van der Waals surface area contributed by atoms with E-state index in [1.54, 1.807) is 41.3 Å². The number of rotatable bonds is 9. The normalized spacial score (nSPS) is 11.2. The summed E-state index contributed by atoms with van der Waals surface area (Å²) in [6.45, 7) is 7.58. The lowest BCUT2D eigenvalue weighted by Crippen LogP contribution is -2.41. The van der Waals surface area contributed by atoms with Gasteiger partial charge in [-0.25, -0.2) is 4.79 Å². The van der Waals surface area contributed by atoms with E-state index in [1.165, 1.54) is 19.2 Å². The number of amides is 2. The molecule has 0 spiro atoms. The third-order valence-electron chi connectivity index (χ3n) is 4.05. The van der Waals surface area contributed by atoms with Crippen molar-refractivity contribution in [3.05, 3.63) is 54.1 Å². The molecule has 0 saturated heterocycles. The van der Waals surface area contributed by atoms with Crippen molar-refractivity contribution >= 4 is 16.1 Å². The fourth-order valence-corrected chi connectivity index (χ4v) is 3.64. The minimum Gasteiger partial charge on any atom is -0.497 e. The molecule has 7 nitrogen and oxygen atoms in total. The molecule has 2 aromatic carbocycles. The Hall–Kier alpha value is -2.74. The highest BCUT2D eigenvalue weighted by atomic mass is 32.2. The Kier molecular flexibility index (Phi) is 7.90. The van der Waals surface area contributed by atoms with Gasteiger partial charge in [-0.3, -0.25) is 0 Å². The van der Waals surface area contributed by atoms with Gasteiger partial charge >= 0.3 is 16.1 Å².